The summed E-state index contributed by atoms with van der Waals surface area (Å²) >= 11 is 1.31. The zero-order valence-corrected chi connectivity index (χ0v) is 13.7. The second kappa shape index (κ2) is 6.75. The van der Waals surface area contributed by atoms with Crippen molar-refractivity contribution < 1.29 is 14.7 Å². The highest BCUT2D eigenvalue weighted by Gasteiger charge is 2.20. The van der Waals surface area contributed by atoms with Gasteiger partial charge >= 0.3 is 5.97 Å². The standard InChI is InChI=1S/C17H19NO3S/c1-10-4-6-13(7-5-10)8-9-14(19)18-16-15(17(20)21)11(2)12(3)22-16/h4-7H,8-9H2,1-3H3,(H,18,19)(H,20,21). The minimum Gasteiger partial charge on any atom is -0.478 e. The predicted octanol–water partition coefficient (Wildman–Crippen LogP) is 3.94. The summed E-state index contributed by atoms with van der Waals surface area (Å²) in [6, 6.07) is 8.04. The van der Waals surface area contributed by atoms with E-state index in [0.717, 1.165) is 10.4 Å². The zero-order chi connectivity index (χ0) is 16.3. The Morgan fingerprint density at radius 2 is 1.77 bits per heavy atom. The molecule has 1 aromatic heterocycles. The average Bonchev–Trinajstić information content (AvgIpc) is 2.73. The number of carbonyl (C=O) groups is 2. The number of rotatable bonds is 5. The fourth-order valence-electron chi connectivity index (χ4n) is 2.17. The van der Waals surface area contributed by atoms with Crippen molar-refractivity contribution >= 4 is 28.2 Å². The monoisotopic (exact) mass is 317 g/mol. The van der Waals surface area contributed by atoms with Gasteiger partial charge in [-0.2, -0.15) is 0 Å². The summed E-state index contributed by atoms with van der Waals surface area (Å²) in [6.45, 7) is 5.64. The summed E-state index contributed by atoms with van der Waals surface area (Å²) < 4.78 is 0. The van der Waals surface area contributed by atoms with Gasteiger partial charge in [0.2, 0.25) is 5.91 Å². The summed E-state index contributed by atoms with van der Waals surface area (Å²) in [5.41, 5.74) is 3.19. The molecule has 1 aromatic carbocycles. The van der Waals surface area contributed by atoms with E-state index < -0.39 is 5.97 Å². The fraction of sp³-hybridized carbons (Fsp3) is 0.294. The van der Waals surface area contributed by atoms with Gasteiger partial charge in [0.15, 0.2) is 0 Å². The number of aryl methyl sites for hydroxylation is 3. The van der Waals surface area contributed by atoms with Crippen LogP contribution in [0.2, 0.25) is 0 Å². The number of carboxylic acid groups (broad SMARTS) is 1. The Labute approximate surface area is 133 Å². The van der Waals surface area contributed by atoms with Crippen molar-refractivity contribution in [2.45, 2.75) is 33.6 Å². The summed E-state index contributed by atoms with van der Waals surface area (Å²) in [6.07, 6.45) is 0.968. The Morgan fingerprint density at radius 1 is 1.14 bits per heavy atom. The normalized spacial score (nSPS) is 10.5. The molecular weight excluding hydrogens is 298 g/mol. The quantitative estimate of drug-likeness (QED) is 0.877. The molecule has 0 bridgehead atoms. The number of carbonyl (C=O) groups excluding carboxylic acids is 1. The maximum Gasteiger partial charge on any atom is 0.338 e. The summed E-state index contributed by atoms with van der Waals surface area (Å²) in [5.74, 6) is -1.17. The van der Waals surface area contributed by atoms with Gasteiger partial charge in [0.1, 0.15) is 5.00 Å². The molecule has 116 valence electrons. The van der Waals surface area contributed by atoms with Gasteiger partial charge in [-0.25, -0.2) is 4.79 Å². The molecule has 0 spiro atoms. The van der Waals surface area contributed by atoms with Crippen LogP contribution in [0, 0.1) is 20.8 Å². The number of aromatic carboxylic acids is 1. The first-order valence-electron chi connectivity index (χ1n) is 7.07. The molecule has 1 heterocycles. The van der Waals surface area contributed by atoms with Crippen LogP contribution in [-0.2, 0) is 11.2 Å². The number of amides is 1. The third kappa shape index (κ3) is 3.74. The molecule has 5 heteroatoms. The van der Waals surface area contributed by atoms with Crippen molar-refractivity contribution in [2.75, 3.05) is 5.32 Å². The second-order valence-electron chi connectivity index (χ2n) is 5.33. The molecule has 0 saturated carbocycles. The summed E-state index contributed by atoms with van der Waals surface area (Å²) in [7, 11) is 0. The van der Waals surface area contributed by atoms with E-state index in [9.17, 15) is 14.7 Å². The molecule has 0 atom stereocenters. The highest BCUT2D eigenvalue weighted by Crippen LogP contribution is 2.32. The van der Waals surface area contributed by atoms with E-state index in [2.05, 4.69) is 5.32 Å². The first-order chi connectivity index (χ1) is 10.4. The number of hydrogen-bond acceptors (Lipinski definition) is 3. The Bertz CT molecular complexity index is 701. The topological polar surface area (TPSA) is 66.4 Å². The molecule has 22 heavy (non-hydrogen) atoms. The fourth-order valence-corrected chi connectivity index (χ4v) is 3.24. The number of anilines is 1. The molecule has 0 unspecified atom stereocenters. The van der Waals surface area contributed by atoms with Crippen LogP contribution in [0.4, 0.5) is 5.00 Å². The van der Waals surface area contributed by atoms with Crippen LogP contribution in [-0.4, -0.2) is 17.0 Å². The number of thiophene rings is 1. The minimum absolute atomic E-state index is 0.163. The zero-order valence-electron chi connectivity index (χ0n) is 12.9. The molecule has 1 amide bonds. The van der Waals surface area contributed by atoms with Crippen molar-refractivity contribution in [1.29, 1.82) is 0 Å². The lowest BCUT2D eigenvalue weighted by molar-refractivity contribution is -0.116. The molecule has 4 nitrogen and oxygen atoms in total. The van der Waals surface area contributed by atoms with E-state index in [1.54, 1.807) is 6.92 Å². The van der Waals surface area contributed by atoms with E-state index in [1.807, 2.05) is 38.1 Å². The SMILES string of the molecule is Cc1ccc(CCC(=O)Nc2sc(C)c(C)c2C(=O)O)cc1. The highest BCUT2D eigenvalue weighted by molar-refractivity contribution is 7.16. The van der Waals surface area contributed by atoms with Crippen molar-refractivity contribution in [3.8, 4) is 0 Å². The van der Waals surface area contributed by atoms with Crippen molar-refractivity contribution in [3.05, 3.63) is 51.4 Å². The lowest BCUT2D eigenvalue weighted by Crippen LogP contribution is -2.14. The molecule has 2 rings (SSSR count). The van der Waals surface area contributed by atoms with E-state index in [0.29, 0.717) is 23.4 Å². The lowest BCUT2D eigenvalue weighted by atomic mass is 10.1. The lowest BCUT2D eigenvalue weighted by Gasteiger charge is -2.05. The van der Waals surface area contributed by atoms with Gasteiger partial charge in [-0.15, -0.1) is 11.3 Å². The molecule has 2 aromatic rings. The van der Waals surface area contributed by atoms with E-state index in [-0.39, 0.29) is 11.5 Å². The molecule has 0 fully saturated rings. The average molecular weight is 317 g/mol. The third-order valence-corrected chi connectivity index (χ3v) is 4.74. The van der Waals surface area contributed by atoms with Gasteiger partial charge in [-0.05, 0) is 38.3 Å². The summed E-state index contributed by atoms with van der Waals surface area (Å²) in [4.78, 5) is 24.3. The Balaban J connectivity index is 2.02. The van der Waals surface area contributed by atoms with Gasteiger partial charge in [0.25, 0.3) is 0 Å². The smallest absolute Gasteiger partial charge is 0.338 e. The van der Waals surface area contributed by atoms with Gasteiger partial charge in [-0.3, -0.25) is 4.79 Å². The van der Waals surface area contributed by atoms with Gasteiger partial charge in [0, 0.05) is 11.3 Å². The van der Waals surface area contributed by atoms with Gasteiger partial charge < -0.3 is 10.4 Å². The molecule has 0 aliphatic rings. The predicted molar refractivity (Wildman–Crippen MR) is 88.9 cm³/mol. The Kier molecular flexibility index (Phi) is 4.98. The number of benzene rings is 1. The van der Waals surface area contributed by atoms with Gasteiger partial charge in [-0.1, -0.05) is 29.8 Å². The molecule has 0 saturated heterocycles. The maximum absolute atomic E-state index is 12.1. The minimum atomic E-state index is -1.00. The van der Waals surface area contributed by atoms with Crippen molar-refractivity contribution in [2.24, 2.45) is 0 Å². The maximum atomic E-state index is 12.1. The van der Waals surface area contributed by atoms with Gasteiger partial charge in [0.05, 0.1) is 5.56 Å². The number of nitrogens with one attached hydrogen (secondary N) is 1. The van der Waals surface area contributed by atoms with E-state index in [1.165, 1.54) is 16.9 Å². The first kappa shape index (κ1) is 16.2. The van der Waals surface area contributed by atoms with Crippen molar-refractivity contribution in [3.63, 3.8) is 0 Å². The number of carboxylic acids is 1. The first-order valence-corrected chi connectivity index (χ1v) is 7.89. The van der Waals surface area contributed by atoms with Crippen LogP contribution in [0.25, 0.3) is 0 Å². The second-order valence-corrected chi connectivity index (χ2v) is 6.55. The largest absolute Gasteiger partial charge is 0.478 e. The summed E-state index contributed by atoms with van der Waals surface area (Å²) in [5, 5.41) is 12.4. The van der Waals surface area contributed by atoms with Crippen LogP contribution in [0.3, 0.4) is 0 Å². The molecule has 2 N–H and O–H groups in total. The molecular formula is C17H19NO3S. The Morgan fingerprint density at radius 3 is 2.36 bits per heavy atom. The van der Waals surface area contributed by atoms with Crippen LogP contribution >= 0.6 is 11.3 Å². The van der Waals surface area contributed by atoms with Crippen LogP contribution < -0.4 is 5.32 Å². The van der Waals surface area contributed by atoms with Crippen molar-refractivity contribution in [1.82, 2.24) is 0 Å². The Hall–Kier alpha value is -2.14. The van der Waals surface area contributed by atoms with Crippen LogP contribution in [0.15, 0.2) is 24.3 Å². The van der Waals surface area contributed by atoms with E-state index in [4.69, 9.17) is 0 Å². The van der Waals surface area contributed by atoms with E-state index >= 15 is 0 Å². The molecule has 0 aliphatic carbocycles. The van der Waals surface area contributed by atoms with Crippen LogP contribution in [0.5, 0.6) is 0 Å². The third-order valence-electron chi connectivity index (χ3n) is 3.61. The molecule has 0 radical (unpaired) electrons. The van der Waals surface area contributed by atoms with Crippen LogP contribution in [0.1, 0.15) is 38.3 Å². The highest BCUT2D eigenvalue weighted by atomic mass is 32.1. The molecule has 0 aliphatic heterocycles. The number of hydrogen-bond donors (Lipinski definition) is 2.